The van der Waals surface area contributed by atoms with Gasteiger partial charge < -0.3 is 20.1 Å². The number of rotatable bonds is 6. The average molecular weight is 328 g/mol. The van der Waals surface area contributed by atoms with E-state index in [4.69, 9.17) is 9.47 Å². The maximum Gasteiger partial charge on any atom is 0.407 e. The van der Waals surface area contributed by atoms with Gasteiger partial charge in [0.2, 0.25) is 5.91 Å². The number of carbonyl (C=O) groups excluding carboxylic acids is 2. The number of anilines is 1. The van der Waals surface area contributed by atoms with Gasteiger partial charge in [0.15, 0.2) is 0 Å². The first-order chi connectivity index (χ1) is 11.6. The zero-order valence-corrected chi connectivity index (χ0v) is 13.7. The quantitative estimate of drug-likeness (QED) is 0.854. The molecule has 0 aromatic heterocycles. The van der Waals surface area contributed by atoms with Gasteiger partial charge in [-0.25, -0.2) is 4.79 Å². The van der Waals surface area contributed by atoms with E-state index in [9.17, 15) is 9.59 Å². The van der Waals surface area contributed by atoms with Crippen LogP contribution in [0.3, 0.4) is 0 Å². The molecule has 0 aliphatic carbocycles. The lowest BCUT2D eigenvalue weighted by Gasteiger charge is -2.12. The van der Waals surface area contributed by atoms with E-state index in [1.807, 2.05) is 30.3 Å². The summed E-state index contributed by atoms with van der Waals surface area (Å²) in [5.74, 6) is 0.453. The van der Waals surface area contributed by atoms with Crippen molar-refractivity contribution in [2.45, 2.75) is 20.1 Å². The van der Waals surface area contributed by atoms with Crippen molar-refractivity contribution in [1.29, 1.82) is 0 Å². The zero-order chi connectivity index (χ0) is 17.4. The molecule has 0 aliphatic rings. The van der Waals surface area contributed by atoms with Crippen molar-refractivity contribution in [2.75, 3.05) is 12.4 Å². The molecule has 6 heteroatoms. The lowest BCUT2D eigenvalue weighted by Crippen LogP contribution is -2.24. The van der Waals surface area contributed by atoms with Crippen LogP contribution in [0.1, 0.15) is 18.1 Å². The van der Waals surface area contributed by atoms with E-state index in [0.717, 1.165) is 11.1 Å². The van der Waals surface area contributed by atoms with Crippen molar-refractivity contribution in [3.63, 3.8) is 0 Å². The molecular formula is C18H20N2O4. The second kappa shape index (κ2) is 8.57. The molecule has 0 saturated heterocycles. The van der Waals surface area contributed by atoms with Crippen LogP contribution in [0.15, 0.2) is 48.5 Å². The standard InChI is InChI=1S/C18H20N2O4/c1-13(21)20-16-8-9-17(23-2)15(10-16)11-19-18(22)24-12-14-6-4-3-5-7-14/h3-10H,11-12H2,1-2H3,(H,19,22)(H,20,21). The Morgan fingerprint density at radius 1 is 1.08 bits per heavy atom. The van der Waals surface area contributed by atoms with Crippen LogP contribution < -0.4 is 15.4 Å². The molecule has 2 amide bonds. The molecule has 2 aromatic rings. The number of hydrogen-bond donors (Lipinski definition) is 2. The SMILES string of the molecule is COc1ccc(NC(C)=O)cc1CNC(=O)OCc1ccccc1. The third kappa shape index (κ3) is 5.31. The van der Waals surface area contributed by atoms with Gasteiger partial charge in [-0.1, -0.05) is 30.3 Å². The number of nitrogens with one attached hydrogen (secondary N) is 2. The summed E-state index contributed by atoms with van der Waals surface area (Å²) in [5, 5.41) is 5.36. The Hall–Kier alpha value is -3.02. The third-order valence-corrected chi connectivity index (χ3v) is 3.24. The van der Waals surface area contributed by atoms with Gasteiger partial charge >= 0.3 is 6.09 Å². The molecule has 2 N–H and O–H groups in total. The molecule has 0 heterocycles. The molecule has 0 unspecified atom stereocenters. The molecular weight excluding hydrogens is 308 g/mol. The number of hydrogen-bond acceptors (Lipinski definition) is 4. The van der Waals surface area contributed by atoms with E-state index >= 15 is 0 Å². The highest BCUT2D eigenvalue weighted by Gasteiger charge is 2.08. The number of ether oxygens (including phenoxy) is 2. The highest BCUT2D eigenvalue weighted by atomic mass is 16.5. The first kappa shape index (κ1) is 17.3. The minimum atomic E-state index is -0.522. The molecule has 24 heavy (non-hydrogen) atoms. The Kier molecular flexibility index (Phi) is 6.19. The van der Waals surface area contributed by atoms with Crippen LogP contribution in [0.25, 0.3) is 0 Å². The van der Waals surface area contributed by atoms with E-state index in [1.165, 1.54) is 6.92 Å². The van der Waals surface area contributed by atoms with Crippen LogP contribution in [0.5, 0.6) is 5.75 Å². The van der Waals surface area contributed by atoms with Gasteiger partial charge in [-0.05, 0) is 23.8 Å². The monoisotopic (exact) mass is 328 g/mol. The van der Waals surface area contributed by atoms with Gasteiger partial charge in [0.25, 0.3) is 0 Å². The van der Waals surface area contributed by atoms with Crippen LogP contribution in [0.2, 0.25) is 0 Å². The van der Waals surface area contributed by atoms with Gasteiger partial charge in [0.1, 0.15) is 12.4 Å². The second-order valence-corrected chi connectivity index (χ2v) is 5.12. The van der Waals surface area contributed by atoms with Gasteiger partial charge in [0.05, 0.1) is 7.11 Å². The Labute approximate surface area is 140 Å². The van der Waals surface area contributed by atoms with Gasteiger partial charge in [-0.2, -0.15) is 0 Å². The molecule has 0 radical (unpaired) electrons. The van der Waals surface area contributed by atoms with Crippen molar-refractivity contribution in [2.24, 2.45) is 0 Å². The Balaban J connectivity index is 1.92. The average Bonchev–Trinajstić information content (AvgIpc) is 2.58. The van der Waals surface area contributed by atoms with E-state index in [2.05, 4.69) is 10.6 Å². The molecule has 126 valence electrons. The summed E-state index contributed by atoms with van der Waals surface area (Å²) in [6.07, 6.45) is -0.522. The van der Waals surface area contributed by atoms with E-state index < -0.39 is 6.09 Å². The van der Waals surface area contributed by atoms with Crippen LogP contribution in [0.4, 0.5) is 10.5 Å². The lowest BCUT2D eigenvalue weighted by molar-refractivity contribution is -0.114. The molecule has 2 aromatic carbocycles. The van der Waals surface area contributed by atoms with Crippen molar-refractivity contribution in [3.8, 4) is 5.75 Å². The molecule has 0 fully saturated rings. The summed E-state index contributed by atoms with van der Waals surface area (Å²) in [4.78, 5) is 22.9. The van der Waals surface area contributed by atoms with Crippen LogP contribution in [0, 0.1) is 0 Å². The highest BCUT2D eigenvalue weighted by Crippen LogP contribution is 2.22. The minimum absolute atomic E-state index is 0.165. The lowest BCUT2D eigenvalue weighted by atomic mass is 10.1. The zero-order valence-electron chi connectivity index (χ0n) is 13.7. The van der Waals surface area contributed by atoms with E-state index in [-0.39, 0.29) is 19.1 Å². The minimum Gasteiger partial charge on any atom is -0.496 e. The summed E-state index contributed by atoms with van der Waals surface area (Å²) in [5.41, 5.74) is 2.29. The fourth-order valence-electron chi connectivity index (χ4n) is 2.14. The van der Waals surface area contributed by atoms with Crippen LogP contribution in [-0.2, 0) is 22.7 Å². The smallest absolute Gasteiger partial charge is 0.407 e. The summed E-state index contributed by atoms with van der Waals surface area (Å²) in [6.45, 7) is 1.86. The third-order valence-electron chi connectivity index (χ3n) is 3.24. The molecule has 0 bridgehead atoms. The number of alkyl carbamates (subject to hydrolysis) is 1. The maximum atomic E-state index is 11.8. The number of amides is 2. The van der Waals surface area contributed by atoms with Gasteiger partial charge in [-0.15, -0.1) is 0 Å². The van der Waals surface area contributed by atoms with E-state index in [0.29, 0.717) is 11.4 Å². The molecule has 0 atom stereocenters. The molecule has 0 spiro atoms. The summed E-state index contributed by atoms with van der Waals surface area (Å²) < 4.78 is 10.4. The largest absolute Gasteiger partial charge is 0.496 e. The predicted molar refractivity (Wildman–Crippen MR) is 90.8 cm³/mol. The first-order valence-electron chi connectivity index (χ1n) is 7.47. The number of methoxy groups -OCH3 is 1. The second-order valence-electron chi connectivity index (χ2n) is 5.12. The van der Waals surface area contributed by atoms with Gasteiger partial charge in [-0.3, -0.25) is 4.79 Å². The first-order valence-corrected chi connectivity index (χ1v) is 7.47. The summed E-state index contributed by atoms with van der Waals surface area (Å²) in [6, 6.07) is 14.6. The Bertz CT molecular complexity index is 701. The topological polar surface area (TPSA) is 76.7 Å². The van der Waals surface area contributed by atoms with Crippen LogP contribution >= 0.6 is 0 Å². The van der Waals surface area contributed by atoms with Crippen molar-refractivity contribution in [3.05, 3.63) is 59.7 Å². The normalized spacial score (nSPS) is 9.92. The van der Waals surface area contributed by atoms with E-state index in [1.54, 1.807) is 25.3 Å². The molecule has 2 rings (SSSR count). The predicted octanol–water partition coefficient (Wildman–Crippen LogP) is 3.08. The molecule has 6 nitrogen and oxygen atoms in total. The maximum absolute atomic E-state index is 11.8. The van der Waals surface area contributed by atoms with Crippen molar-refractivity contribution >= 4 is 17.7 Å². The van der Waals surface area contributed by atoms with Gasteiger partial charge in [0, 0.05) is 24.7 Å². The highest BCUT2D eigenvalue weighted by molar-refractivity contribution is 5.88. The Morgan fingerprint density at radius 2 is 1.83 bits per heavy atom. The Morgan fingerprint density at radius 3 is 2.50 bits per heavy atom. The summed E-state index contributed by atoms with van der Waals surface area (Å²) >= 11 is 0. The summed E-state index contributed by atoms with van der Waals surface area (Å²) in [7, 11) is 1.55. The fraction of sp³-hybridized carbons (Fsp3) is 0.222. The molecule has 0 aliphatic heterocycles. The van der Waals surface area contributed by atoms with Crippen LogP contribution in [-0.4, -0.2) is 19.1 Å². The molecule has 0 saturated carbocycles. The number of carbonyl (C=O) groups is 2. The van der Waals surface area contributed by atoms with Crippen molar-refractivity contribution < 1.29 is 19.1 Å². The fourth-order valence-corrected chi connectivity index (χ4v) is 2.14. The van der Waals surface area contributed by atoms with Crippen molar-refractivity contribution in [1.82, 2.24) is 5.32 Å². The number of benzene rings is 2.